The molecule has 9 nitrogen and oxygen atoms in total. The van der Waals surface area contributed by atoms with Crippen LogP contribution in [0.3, 0.4) is 0 Å². The first-order valence-electron chi connectivity index (χ1n) is 11.5. The second-order valence-electron chi connectivity index (χ2n) is 9.14. The number of morpholine rings is 1. The molecule has 2 amide bonds. The van der Waals surface area contributed by atoms with E-state index in [1.807, 2.05) is 6.92 Å². The number of carbonyl (C=O) groups excluding carboxylic acids is 2. The molecule has 0 bridgehead atoms. The van der Waals surface area contributed by atoms with Gasteiger partial charge in [0.25, 0.3) is 0 Å². The lowest BCUT2D eigenvalue weighted by Gasteiger charge is -2.30. The predicted octanol–water partition coefficient (Wildman–Crippen LogP) is 1.70. The van der Waals surface area contributed by atoms with Crippen molar-refractivity contribution >= 4 is 45.0 Å². The van der Waals surface area contributed by atoms with E-state index in [0.29, 0.717) is 44.2 Å². The highest BCUT2D eigenvalue weighted by Gasteiger charge is 2.53. The lowest BCUT2D eigenvalue weighted by atomic mass is 10.2. The number of rotatable bonds is 5. The molecule has 0 aromatic heterocycles. The first-order valence-corrected chi connectivity index (χ1v) is 14.0. The fourth-order valence-corrected chi connectivity index (χ4v) is 8.04. The van der Waals surface area contributed by atoms with Crippen molar-refractivity contribution < 1.29 is 22.7 Å². The number of carbonyl (C=O) groups is 2. The Morgan fingerprint density at radius 2 is 1.91 bits per heavy atom. The highest BCUT2D eigenvalue weighted by molar-refractivity contribution is 8.01. The molecule has 11 heteroatoms. The summed E-state index contributed by atoms with van der Waals surface area (Å²) in [7, 11) is -3.70. The van der Waals surface area contributed by atoms with Crippen LogP contribution < -0.4 is 10.2 Å². The number of amides is 2. The van der Waals surface area contributed by atoms with Crippen LogP contribution in [-0.2, 0) is 24.3 Å². The van der Waals surface area contributed by atoms with Crippen LogP contribution in [0, 0.1) is 0 Å². The predicted molar refractivity (Wildman–Crippen MR) is 127 cm³/mol. The Balaban J connectivity index is 1.45. The van der Waals surface area contributed by atoms with Crippen molar-refractivity contribution in [2.24, 2.45) is 0 Å². The molecular formula is C22H30N4O5S2. The largest absolute Gasteiger partial charge is 0.379 e. The van der Waals surface area contributed by atoms with Gasteiger partial charge >= 0.3 is 0 Å². The molecule has 4 aliphatic heterocycles. The third-order valence-electron chi connectivity index (χ3n) is 7.03. The monoisotopic (exact) mass is 494 g/mol. The summed E-state index contributed by atoms with van der Waals surface area (Å²) in [5.74, 6) is 0.285. The van der Waals surface area contributed by atoms with E-state index >= 15 is 0 Å². The van der Waals surface area contributed by atoms with Gasteiger partial charge in [0.2, 0.25) is 21.8 Å². The number of anilines is 2. The van der Waals surface area contributed by atoms with Gasteiger partial charge in [-0.25, -0.2) is 8.42 Å². The second-order valence-corrected chi connectivity index (χ2v) is 12.6. The number of benzene rings is 1. The third kappa shape index (κ3) is 4.13. The topological polar surface area (TPSA) is 99.3 Å². The van der Waals surface area contributed by atoms with E-state index in [1.165, 1.54) is 4.31 Å². The maximum atomic E-state index is 13.4. The molecule has 0 unspecified atom stereocenters. The molecule has 2 atom stereocenters. The van der Waals surface area contributed by atoms with Gasteiger partial charge < -0.3 is 19.9 Å². The van der Waals surface area contributed by atoms with Crippen molar-refractivity contribution in [1.82, 2.24) is 9.21 Å². The minimum absolute atomic E-state index is 0.00561. The minimum Gasteiger partial charge on any atom is -0.379 e. The van der Waals surface area contributed by atoms with Gasteiger partial charge in [-0.1, -0.05) is 0 Å². The number of sulfonamides is 1. The summed E-state index contributed by atoms with van der Waals surface area (Å²) >= 11 is 1.64. The van der Waals surface area contributed by atoms with E-state index in [9.17, 15) is 18.0 Å². The molecule has 0 saturated carbocycles. The molecule has 1 N–H and O–H groups in total. The molecule has 0 radical (unpaired) electrons. The Morgan fingerprint density at radius 1 is 1.18 bits per heavy atom. The Hall–Kier alpha value is -1.82. The van der Waals surface area contributed by atoms with Gasteiger partial charge in [0.15, 0.2) is 0 Å². The number of ether oxygens (including phenoxy) is 1. The molecule has 0 aliphatic carbocycles. The molecule has 33 heavy (non-hydrogen) atoms. The Labute approximate surface area is 198 Å². The summed E-state index contributed by atoms with van der Waals surface area (Å²) in [5, 5.41) is 3.00. The Bertz CT molecular complexity index is 1050. The second kappa shape index (κ2) is 8.75. The fourth-order valence-electron chi connectivity index (χ4n) is 5.18. The summed E-state index contributed by atoms with van der Waals surface area (Å²) in [5.41, 5.74) is 1.31. The number of thioether (sulfide) groups is 1. The van der Waals surface area contributed by atoms with E-state index in [-0.39, 0.29) is 21.6 Å². The molecular weight excluding hydrogens is 464 g/mol. The van der Waals surface area contributed by atoms with Crippen LogP contribution in [0.2, 0.25) is 0 Å². The summed E-state index contributed by atoms with van der Waals surface area (Å²) in [4.78, 5) is 29.6. The first kappa shape index (κ1) is 22.9. The summed E-state index contributed by atoms with van der Waals surface area (Å²) < 4.78 is 33.2. The minimum atomic E-state index is -3.70. The highest BCUT2D eigenvalue weighted by Crippen LogP contribution is 2.47. The number of nitrogens with zero attached hydrogens (tertiary/aromatic N) is 3. The molecule has 0 spiro atoms. The van der Waals surface area contributed by atoms with Crippen LogP contribution in [0.25, 0.3) is 0 Å². The molecule has 4 aliphatic rings. The van der Waals surface area contributed by atoms with Crippen molar-refractivity contribution in [1.29, 1.82) is 0 Å². The van der Waals surface area contributed by atoms with Gasteiger partial charge in [-0.05, 0) is 44.4 Å². The smallest absolute Gasteiger partial charge is 0.248 e. The standard InChI is InChI=1S/C22H30N4O5S2/c1-22-7-6-20(27)26(22)19(15-32-22)21(28)23-17-14-16(4-5-18(17)24-8-2-3-9-24)33(29,30)25-10-12-31-13-11-25/h4-5,14,19H,2-3,6-13,15H2,1H3,(H,23,28)/t19-,22+/m0/s1. The SMILES string of the molecule is C[C@@]12CCC(=O)N1[C@H](C(=O)Nc1cc(S(=O)(=O)N3CCOCC3)ccc1N1CCCC1)CS2. The Kier molecular flexibility index (Phi) is 6.09. The van der Waals surface area contributed by atoms with Crippen LogP contribution in [0.15, 0.2) is 23.1 Å². The van der Waals surface area contributed by atoms with Gasteiger partial charge in [0, 0.05) is 38.4 Å². The number of hydrogen-bond donors (Lipinski definition) is 1. The summed E-state index contributed by atoms with van der Waals surface area (Å²) in [6.45, 7) is 5.11. The number of hydrogen-bond acceptors (Lipinski definition) is 7. The van der Waals surface area contributed by atoms with Crippen molar-refractivity contribution in [3.05, 3.63) is 18.2 Å². The molecule has 5 rings (SSSR count). The number of fused-ring (bicyclic) bond motifs is 1. The van der Waals surface area contributed by atoms with Gasteiger partial charge in [-0.2, -0.15) is 4.31 Å². The zero-order valence-corrected chi connectivity index (χ0v) is 20.4. The van der Waals surface area contributed by atoms with Crippen LogP contribution in [0.5, 0.6) is 0 Å². The fraction of sp³-hybridized carbons (Fsp3) is 0.636. The van der Waals surface area contributed by atoms with Gasteiger partial charge in [0.05, 0.1) is 34.4 Å². The molecule has 1 aromatic rings. The molecule has 4 heterocycles. The van der Waals surface area contributed by atoms with E-state index in [1.54, 1.807) is 34.9 Å². The normalized spacial score (nSPS) is 28.4. The first-order chi connectivity index (χ1) is 15.8. The lowest BCUT2D eigenvalue weighted by Crippen LogP contribution is -2.48. The van der Waals surface area contributed by atoms with E-state index < -0.39 is 16.1 Å². The van der Waals surface area contributed by atoms with Crippen molar-refractivity contribution in [3.8, 4) is 0 Å². The quantitative estimate of drug-likeness (QED) is 0.665. The lowest BCUT2D eigenvalue weighted by molar-refractivity contribution is -0.135. The average molecular weight is 495 g/mol. The Morgan fingerprint density at radius 3 is 2.64 bits per heavy atom. The van der Waals surface area contributed by atoms with E-state index in [4.69, 9.17) is 4.74 Å². The molecule has 180 valence electrons. The zero-order chi connectivity index (χ0) is 23.2. The summed E-state index contributed by atoms with van der Waals surface area (Å²) in [6, 6.07) is 4.44. The van der Waals surface area contributed by atoms with Crippen molar-refractivity contribution in [2.75, 3.05) is 55.4 Å². The van der Waals surface area contributed by atoms with Gasteiger partial charge in [-0.3, -0.25) is 9.59 Å². The highest BCUT2D eigenvalue weighted by atomic mass is 32.2. The van der Waals surface area contributed by atoms with E-state index in [2.05, 4.69) is 10.2 Å². The van der Waals surface area contributed by atoms with Crippen LogP contribution in [0.4, 0.5) is 11.4 Å². The maximum absolute atomic E-state index is 13.4. The van der Waals surface area contributed by atoms with Crippen molar-refractivity contribution in [3.63, 3.8) is 0 Å². The molecule has 4 saturated heterocycles. The van der Waals surface area contributed by atoms with Crippen LogP contribution >= 0.6 is 11.8 Å². The maximum Gasteiger partial charge on any atom is 0.248 e. The zero-order valence-electron chi connectivity index (χ0n) is 18.8. The van der Waals surface area contributed by atoms with Crippen LogP contribution in [-0.4, -0.2) is 85.5 Å². The van der Waals surface area contributed by atoms with Crippen LogP contribution in [0.1, 0.15) is 32.6 Å². The summed E-state index contributed by atoms with van der Waals surface area (Å²) in [6.07, 6.45) is 3.31. The van der Waals surface area contributed by atoms with Gasteiger partial charge in [0.1, 0.15) is 6.04 Å². The number of nitrogens with one attached hydrogen (secondary N) is 1. The molecule has 4 fully saturated rings. The third-order valence-corrected chi connectivity index (χ3v) is 10.4. The average Bonchev–Trinajstić information content (AvgIpc) is 3.52. The van der Waals surface area contributed by atoms with Gasteiger partial charge in [-0.15, -0.1) is 11.8 Å². The van der Waals surface area contributed by atoms with E-state index in [0.717, 1.165) is 38.0 Å². The van der Waals surface area contributed by atoms with Crippen molar-refractivity contribution in [2.45, 2.75) is 48.4 Å². The molecule has 1 aromatic carbocycles.